The maximum atomic E-state index is 11.0. The average molecular weight is 287 g/mol. The Bertz CT molecular complexity index is 394. The van der Waals surface area contributed by atoms with Crippen molar-refractivity contribution in [3.63, 3.8) is 0 Å². The molecule has 0 aromatic carbocycles. The Morgan fingerprint density at radius 1 is 1.56 bits per heavy atom. The van der Waals surface area contributed by atoms with E-state index in [4.69, 9.17) is 5.11 Å². The summed E-state index contributed by atoms with van der Waals surface area (Å²) in [5.74, 6) is -0.307. The fraction of sp³-hybridized carbons (Fsp3) is 0.455. The van der Waals surface area contributed by atoms with E-state index in [1.165, 1.54) is 0 Å². The highest BCUT2D eigenvalue weighted by molar-refractivity contribution is 9.10. The molecule has 1 heterocycles. The number of carbonyl (C=O) groups is 1. The van der Waals surface area contributed by atoms with E-state index < -0.39 is 12.0 Å². The van der Waals surface area contributed by atoms with Gasteiger partial charge in [-0.25, -0.2) is 9.78 Å². The monoisotopic (exact) mass is 286 g/mol. The van der Waals surface area contributed by atoms with Gasteiger partial charge in [0, 0.05) is 6.20 Å². The first kappa shape index (κ1) is 13.0. The lowest BCUT2D eigenvalue weighted by atomic mass is 10.0. The molecule has 0 amide bonds. The van der Waals surface area contributed by atoms with Crippen LogP contribution in [-0.4, -0.2) is 22.1 Å². The molecule has 0 spiro atoms. The van der Waals surface area contributed by atoms with Crippen molar-refractivity contribution < 1.29 is 9.90 Å². The van der Waals surface area contributed by atoms with Crippen LogP contribution in [0.4, 0.5) is 5.82 Å². The minimum Gasteiger partial charge on any atom is -0.480 e. The van der Waals surface area contributed by atoms with Crippen molar-refractivity contribution in [3.8, 4) is 0 Å². The van der Waals surface area contributed by atoms with Gasteiger partial charge in [-0.1, -0.05) is 13.8 Å². The normalized spacial score (nSPS) is 12.6. The number of anilines is 1. The van der Waals surface area contributed by atoms with Gasteiger partial charge in [0.1, 0.15) is 11.9 Å². The minimum atomic E-state index is -0.870. The van der Waals surface area contributed by atoms with Gasteiger partial charge in [-0.3, -0.25) is 0 Å². The van der Waals surface area contributed by atoms with Crippen LogP contribution in [0.5, 0.6) is 0 Å². The van der Waals surface area contributed by atoms with E-state index in [9.17, 15) is 4.79 Å². The van der Waals surface area contributed by atoms with Gasteiger partial charge in [-0.05, 0) is 40.4 Å². The highest BCUT2D eigenvalue weighted by Crippen LogP contribution is 2.24. The summed E-state index contributed by atoms with van der Waals surface area (Å²) >= 11 is 3.39. The molecule has 0 aliphatic carbocycles. The Morgan fingerprint density at radius 3 is 2.69 bits per heavy atom. The Labute approximate surface area is 103 Å². The zero-order valence-corrected chi connectivity index (χ0v) is 11.1. The molecule has 0 fully saturated rings. The fourth-order valence-electron chi connectivity index (χ4n) is 1.30. The Hall–Kier alpha value is -1.10. The van der Waals surface area contributed by atoms with Gasteiger partial charge in [0.05, 0.1) is 4.47 Å². The molecule has 0 saturated heterocycles. The van der Waals surface area contributed by atoms with Gasteiger partial charge in [0.2, 0.25) is 0 Å². The molecule has 0 saturated carbocycles. The molecule has 4 nitrogen and oxygen atoms in total. The molecule has 1 rings (SSSR count). The number of aliphatic carboxylic acids is 1. The number of nitrogens with zero attached hydrogens (tertiary/aromatic N) is 1. The van der Waals surface area contributed by atoms with Gasteiger partial charge in [0.25, 0.3) is 0 Å². The van der Waals surface area contributed by atoms with Crippen molar-refractivity contribution in [3.05, 3.63) is 22.3 Å². The summed E-state index contributed by atoms with van der Waals surface area (Å²) in [7, 11) is 0. The first-order valence-electron chi connectivity index (χ1n) is 5.04. The number of carboxylic acids is 1. The van der Waals surface area contributed by atoms with E-state index in [1.54, 1.807) is 6.20 Å². The van der Waals surface area contributed by atoms with Crippen LogP contribution >= 0.6 is 15.9 Å². The lowest BCUT2D eigenvalue weighted by molar-refractivity contribution is -0.138. The summed E-state index contributed by atoms with van der Waals surface area (Å²) in [5, 5.41) is 12.0. The van der Waals surface area contributed by atoms with E-state index in [0.29, 0.717) is 5.82 Å². The number of rotatable bonds is 4. The molecule has 2 N–H and O–H groups in total. The van der Waals surface area contributed by atoms with E-state index >= 15 is 0 Å². The van der Waals surface area contributed by atoms with Gasteiger partial charge < -0.3 is 10.4 Å². The third-order valence-electron chi connectivity index (χ3n) is 2.31. The van der Waals surface area contributed by atoms with Crippen LogP contribution in [0.2, 0.25) is 0 Å². The standard InChI is InChI=1S/C11H15BrN2O2/c1-6(2)9(11(15)16)14-10-8(12)7(3)4-5-13-10/h4-6,9H,1-3H3,(H,13,14)(H,15,16)/t9-/m1/s1. The lowest BCUT2D eigenvalue weighted by Gasteiger charge is -2.19. The number of carboxylic acid groups (broad SMARTS) is 1. The highest BCUT2D eigenvalue weighted by atomic mass is 79.9. The van der Waals surface area contributed by atoms with E-state index in [1.807, 2.05) is 26.8 Å². The molecule has 0 bridgehead atoms. The average Bonchev–Trinajstić information content (AvgIpc) is 2.19. The number of aromatic nitrogens is 1. The molecule has 0 unspecified atom stereocenters. The van der Waals surface area contributed by atoms with E-state index in [-0.39, 0.29) is 5.92 Å². The quantitative estimate of drug-likeness (QED) is 0.893. The topological polar surface area (TPSA) is 62.2 Å². The summed E-state index contributed by atoms with van der Waals surface area (Å²) in [4.78, 5) is 15.2. The predicted octanol–water partition coefficient (Wildman–Crippen LogP) is 2.67. The molecule has 1 aromatic rings. The zero-order valence-electron chi connectivity index (χ0n) is 9.49. The maximum absolute atomic E-state index is 11.0. The van der Waals surface area contributed by atoms with Gasteiger partial charge in [0.15, 0.2) is 0 Å². The predicted molar refractivity (Wildman–Crippen MR) is 66.6 cm³/mol. The second-order valence-corrected chi connectivity index (χ2v) is 4.79. The molecule has 0 aliphatic heterocycles. The first-order valence-corrected chi connectivity index (χ1v) is 5.83. The molecule has 0 radical (unpaired) electrons. The third-order valence-corrected chi connectivity index (χ3v) is 3.31. The molecule has 88 valence electrons. The van der Waals surface area contributed by atoms with Crippen LogP contribution in [0, 0.1) is 12.8 Å². The second-order valence-electron chi connectivity index (χ2n) is 3.99. The van der Waals surface area contributed by atoms with Crippen LogP contribution in [0.25, 0.3) is 0 Å². The molecule has 5 heteroatoms. The van der Waals surface area contributed by atoms with Crippen molar-refractivity contribution >= 4 is 27.7 Å². The van der Waals surface area contributed by atoms with Gasteiger partial charge in [-0.15, -0.1) is 0 Å². The molecular formula is C11H15BrN2O2. The van der Waals surface area contributed by atoms with Crippen molar-refractivity contribution in [1.29, 1.82) is 0 Å². The molecule has 1 atom stereocenters. The largest absolute Gasteiger partial charge is 0.480 e. The summed E-state index contributed by atoms with van der Waals surface area (Å²) in [5.41, 5.74) is 1.02. The maximum Gasteiger partial charge on any atom is 0.326 e. The van der Waals surface area contributed by atoms with E-state index in [2.05, 4.69) is 26.2 Å². The fourth-order valence-corrected chi connectivity index (χ4v) is 1.65. The summed E-state index contributed by atoms with van der Waals surface area (Å²) in [6.45, 7) is 5.65. The van der Waals surface area contributed by atoms with Crippen LogP contribution in [0.15, 0.2) is 16.7 Å². The highest BCUT2D eigenvalue weighted by Gasteiger charge is 2.22. The molecule has 1 aromatic heterocycles. The van der Waals surface area contributed by atoms with Crippen LogP contribution in [-0.2, 0) is 4.79 Å². The van der Waals surface area contributed by atoms with E-state index in [0.717, 1.165) is 10.0 Å². The lowest BCUT2D eigenvalue weighted by Crippen LogP contribution is -2.34. The van der Waals surface area contributed by atoms with Gasteiger partial charge in [-0.2, -0.15) is 0 Å². The summed E-state index contributed by atoms with van der Waals surface area (Å²) in [6, 6.07) is 1.23. The number of halogens is 1. The smallest absolute Gasteiger partial charge is 0.326 e. The van der Waals surface area contributed by atoms with Crippen LogP contribution < -0.4 is 5.32 Å². The summed E-state index contributed by atoms with van der Waals surface area (Å²) < 4.78 is 0.807. The number of hydrogen-bond acceptors (Lipinski definition) is 3. The van der Waals surface area contributed by atoms with Crippen LogP contribution in [0.1, 0.15) is 19.4 Å². The molecule has 16 heavy (non-hydrogen) atoms. The minimum absolute atomic E-state index is 0.00767. The second kappa shape index (κ2) is 5.30. The van der Waals surface area contributed by atoms with Crippen molar-refractivity contribution in [2.75, 3.05) is 5.32 Å². The van der Waals surface area contributed by atoms with Crippen molar-refractivity contribution in [2.24, 2.45) is 5.92 Å². The van der Waals surface area contributed by atoms with Crippen molar-refractivity contribution in [2.45, 2.75) is 26.8 Å². The molecule has 0 aliphatic rings. The number of pyridine rings is 1. The molecular weight excluding hydrogens is 272 g/mol. The number of hydrogen-bond donors (Lipinski definition) is 2. The Morgan fingerprint density at radius 2 is 2.19 bits per heavy atom. The number of nitrogens with one attached hydrogen (secondary N) is 1. The van der Waals surface area contributed by atoms with Crippen LogP contribution in [0.3, 0.4) is 0 Å². The Balaban J connectivity index is 2.94. The van der Waals surface area contributed by atoms with Crippen molar-refractivity contribution in [1.82, 2.24) is 4.98 Å². The number of aryl methyl sites for hydroxylation is 1. The Kier molecular flexibility index (Phi) is 4.29. The zero-order chi connectivity index (χ0) is 12.3. The van der Waals surface area contributed by atoms with Gasteiger partial charge >= 0.3 is 5.97 Å². The first-order chi connectivity index (χ1) is 7.43. The SMILES string of the molecule is Cc1ccnc(N[C@@H](C(=O)O)C(C)C)c1Br. The summed E-state index contributed by atoms with van der Waals surface area (Å²) in [6.07, 6.45) is 1.65. The third kappa shape index (κ3) is 2.95.